The zero-order valence-electron chi connectivity index (χ0n) is 19.6. The minimum atomic E-state index is -1.18. The second-order valence-corrected chi connectivity index (χ2v) is 8.55. The summed E-state index contributed by atoms with van der Waals surface area (Å²) in [6.45, 7) is 5.06. The highest BCUT2D eigenvalue weighted by Crippen LogP contribution is 2.08. The first-order valence-electron chi connectivity index (χ1n) is 11.1. The number of carbonyl (C=O) groups is 5. The predicted octanol–water partition coefficient (Wildman–Crippen LogP) is 0.0262. The highest BCUT2D eigenvalue weighted by Gasteiger charge is 2.29. The third-order valence-electron chi connectivity index (χ3n) is 5.00. The number of carboxylic acid groups (broad SMARTS) is 2. The highest BCUT2D eigenvalue weighted by molar-refractivity contribution is 5.94. The van der Waals surface area contributed by atoms with Crippen molar-refractivity contribution in [3.63, 3.8) is 0 Å². The molecule has 0 aromatic heterocycles. The van der Waals surface area contributed by atoms with Crippen molar-refractivity contribution < 1.29 is 34.2 Å². The maximum Gasteiger partial charge on any atom is 0.326 e. The molecular weight excluding hydrogens is 444 g/mol. The van der Waals surface area contributed by atoms with E-state index in [1.54, 1.807) is 30.3 Å². The Kier molecular flexibility index (Phi) is 11.7. The average Bonchev–Trinajstić information content (AvgIpc) is 2.76. The van der Waals surface area contributed by atoms with Crippen LogP contribution in [0.5, 0.6) is 0 Å². The molecule has 0 aliphatic rings. The van der Waals surface area contributed by atoms with E-state index in [9.17, 15) is 29.1 Å². The Bertz CT molecular complexity index is 860. The van der Waals surface area contributed by atoms with E-state index >= 15 is 0 Å². The Morgan fingerprint density at radius 2 is 1.44 bits per heavy atom. The lowest BCUT2D eigenvalue weighted by molar-refractivity contribution is -0.143. The molecule has 11 heteroatoms. The second kappa shape index (κ2) is 13.9. The van der Waals surface area contributed by atoms with E-state index in [2.05, 4.69) is 16.0 Å². The van der Waals surface area contributed by atoms with Crippen LogP contribution in [-0.4, -0.2) is 64.0 Å². The normalized spacial score (nSPS) is 14.4. The molecule has 0 radical (unpaired) electrons. The van der Waals surface area contributed by atoms with Crippen LogP contribution in [0.1, 0.15) is 45.6 Å². The van der Waals surface area contributed by atoms with Crippen LogP contribution in [0.15, 0.2) is 30.3 Å². The topological polar surface area (TPSA) is 188 Å². The fourth-order valence-electron chi connectivity index (χ4n) is 3.12. The number of amides is 3. The van der Waals surface area contributed by atoms with Crippen molar-refractivity contribution in [1.82, 2.24) is 16.0 Å². The summed E-state index contributed by atoms with van der Waals surface area (Å²) in [7, 11) is 0. The van der Waals surface area contributed by atoms with Crippen LogP contribution in [0.25, 0.3) is 0 Å². The Morgan fingerprint density at radius 1 is 0.853 bits per heavy atom. The third-order valence-corrected chi connectivity index (χ3v) is 5.00. The van der Waals surface area contributed by atoms with Gasteiger partial charge in [0.05, 0.1) is 6.04 Å². The molecule has 4 atom stereocenters. The summed E-state index contributed by atoms with van der Waals surface area (Å²) >= 11 is 0. The number of carbonyl (C=O) groups excluding carboxylic acids is 3. The van der Waals surface area contributed by atoms with Gasteiger partial charge in [-0.2, -0.15) is 0 Å². The summed E-state index contributed by atoms with van der Waals surface area (Å²) in [5.41, 5.74) is 6.40. The van der Waals surface area contributed by atoms with Crippen molar-refractivity contribution in [3.05, 3.63) is 35.9 Å². The Morgan fingerprint density at radius 3 is 1.97 bits per heavy atom. The van der Waals surface area contributed by atoms with Crippen LogP contribution < -0.4 is 21.7 Å². The predicted molar refractivity (Wildman–Crippen MR) is 124 cm³/mol. The van der Waals surface area contributed by atoms with E-state index in [0.717, 1.165) is 5.56 Å². The molecular formula is C23H34N4O7. The van der Waals surface area contributed by atoms with E-state index in [0.29, 0.717) is 0 Å². The van der Waals surface area contributed by atoms with Crippen LogP contribution in [-0.2, 0) is 30.4 Å². The highest BCUT2D eigenvalue weighted by atomic mass is 16.4. The van der Waals surface area contributed by atoms with Crippen molar-refractivity contribution >= 4 is 29.7 Å². The minimum Gasteiger partial charge on any atom is -0.481 e. The van der Waals surface area contributed by atoms with Crippen LogP contribution >= 0.6 is 0 Å². The monoisotopic (exact) mass is 478 g/mol. The SMILES string of the molecule is CC(C)CC(NC(=O)C(Cc1ccccc1)NC(=O)C(C)NC(=O)C(N)CCC(=O)O)C(=O)O. The lowest BCUT2D eigenvalue weighted by atomic mass is 10.0. The third kappa shape index (κ3) is 10.4. The van der Waals surface area contributed by atoms with Gasteiger partial charge < -0.3 is 31.9 Å². The molecule has 1 rings (SSSR count). The van der Waals surface area contributed by atoms with Crippen molar-refractivity contribution in [1.29, 1.82) is 0 Å². The summed E-state index contributed by atoms with van der Waals surface area (Å²) in [6, 6.07) is 4.48. The summed E-state index contributed by atoms with van der Waals surface area (Å²) in [6.07, 6.45) is -0.0738. The molecule has 1 aromatic carbocycles. The van der Waals surface area contributed by atoms with Gasteiger partial charge in [0.25, 0.3) is 0 Å². The van der Waals surface area contributed by atoms with Gasteiger partial charge in [-0.15, -0.1) is 0 Å². The van der Waals surface area contributed by atoms with E-state index in [4.69, 9.17) is 10.8 Å². The van der Waals surface area contributed by atoms with Gasteiger partial charge in [-0.3, -0.25) is 19.2 Å². The summed E-state index contributed by atoms with van der Waals surface area (Å²) < 4.78 is 0. The summed E-state index contributed by atoms with van der Waals surface area (Å²) in [4.78, 5) is 60.0. The minimum absolute atomic E-state index is 0.0177. The summed E-state index contributed by atoms with van der Waals surface area (Å²) in [5, 5.41) is 25.6. The molecule has 3 amide bonds. The first-order chi connectivity index (χ1) is 15.9. The Labute approximate surface area is 198 Å². The molecule has 188 valence electrons. The molecule has 0 heterocycles. The van der Waals surface area contributed by atoms with Crippen molar-refractivity contribution in [3.8, 4) is 0 Å². The second-order valence-electron chi connectivity index (χ2n) is 8.55. The lowest BCUT2D eigenvalue weighted by Crippen LogP contribution is -2.57. The van der Waals surface area contributed by atoms with E-state index < -0.39 is 53.8 Å². The van der Waals surface area contributed by atoms with Gasteiger partial charge in [-0.05, 0) is 31.2 Å². The first kappa shape index (κ1) is 28.6. The molecule has 0 aliphatic carbocycles. The van der Waals surface area contributed by atoms with Crippen LogP contribution in [0.3, 0.4) is 0 Å². The van der Waals surface area contributed by atoms with Crippen LogP contribution in [0.2, 0.25) is 0 Å². The molecule has 0 fully saturated rings. The van der Waals surface area contributed by atoms with E-state index in [1.807, 2.05) is 13.8 Å². The van der Waals surface area contributed by atoms with Crippen LogP contribution in [0.4, 0.5) is 0 Å². The number of rotatable bonds is 14. The molecule has 1 aromatic rings. The zero-order chi connectivity index (χ0) is 25.8. The number of nitrogens with two attached hydrogens (primary N) is 1. The first-order valence-corrected chi connectivity index (χ1v) is 11.1. The van der Waals surface area contributed by atoms with Crippen molar-refractivity contribution in [2.75, 3.05) is 0 Å². The van der Waals surface area contributed by atoms with E-state index in [-0.39, 0.29) is 31.6 Å². The summed E-state index contributed by atoms with van der Waals surface area (Å²) in [5.74, 6) is -4.30. The fourth-order valence-corrected chi connectivity index (χ4v) is 3.12. The van der Waals surface area contributed by atoms with E-state index in [1.165, 1.54) is 6.92 Å². The molecule has 7 N–H and O–H groups in total. The average molecular weight is 479 g/mol. The van der Waals surface area contributed by atoms with Gasteiger partial charge >= 0.3 is 11.9 Å². The Hall–Kier alpha value is -3.47. The van der Waals surface area contributed by atoms with Gasteiger partial charge in [0.2, 0.25) is 17.7 Å². The van der Waals surface area contributed by atoms with Gasteiger partial charge in [-0.25, -0.2) is 4.79 Å². The lowest BCUT2D eigenvalue weighted by Gasteiger charge is -2.24. The van der Waals surface area contributed by atoms with Crippen molar-refractivity contribution in [2.24, 2.45) is 11.7 Å². The number of nitrogens with one attached hydrogen (secondary N) is 3. The molecule has 0 saturated carbocycles. The zero-order valence-corrected chi connectivity index (χ0v) is 19.6. The molecule has 0 aliphatic heterocycles. The van der Waals surface area contributed by atoms with Gasteiger partial charge in [0.15, 0.2) is 0 Å². The number of hydrogen-bond donors (Lipinski definition) is 6. The van der Waals surface area contributed by atoms with Crippen LogP contribution in [0, 0.1) is 5.92 Å². The quantitative estimate of drug-likeness (QED) is 0.216. The van der Waals surface area contributed by atoms with Crippen molar-refractivity contribution in [2.45, 2.75) is 70.6 Å². The maximum absolute atomic E-state index is 12.9. The largest absolute Gasteiger partial charge is 0.481 e. The standard InChI is InChI=1S/C23H34N4O7/c1-13(2)11-18(23(33)34)27-22(32)17(12-15-7-5-4-6-8-15)26-20(30)14(3)25-21(31)16(24)9-10-19(28)29/h4-8,13-14,16-18H,9-12,24H2,1-3H3,(H,25,31)(H,26,30)(H,27,32)(H,28,29)(H,33,34). The number of aliphatic carboxylic acids is 2. The van der Waals surface area contributed by atoms with Gasteiger partial charge in [0, 0.05) is 12.8 Å². The molecule has 0 bridgehead atoms. The maximum atomic E-state index is 12.9. The number of carboxylic acids is 2. The molecule has 34 heavy (non-hydrogen) atoms. The molecule has 0 saturated heterocycles. The van der Waals surface area contributed by atoms with Gasteiger partial charge in [-0.1, -0.05) is 44.2 Å². The molecule has 11 nitrogen and oxygen atoms in total. The smallest absolute Gasteiger partial charge is 0.326 e. The fraction of sp³-hybridized carbons (Fsp3) is 0.522. The number of hydrogen-bond acceptors (Lipinski definition) is 6. The van der Waals surface area contributed by atoms with Gasteiger partial charge in [0.1, 0.15) is 18.1 Å². The number of benzene rings is 1. The Balaban J connectivity index is 2.90. The molecule has 4 unspecified atom stereocenters. The molecule has 0 spiro atoms.